The number of esters is 1. The van der Waals surface area contributed by atoms with Crippen molar-refractivity contribution in [1.82, 2.24) is 5.32 Å². The fraction of sp³-hybridized carbons (Fsp3) is 0.556. The molecule has 0 aromatic heterocycles. The Morgan fingerprint density at radius 2 is 1.87 bits per heavy atom. The normalized spacial score (nSPS) is 14.3. The van der Waals surface area contributed by atoms with Gasteiger partial charge in [-0.1, -0.05) is 19.9 Å². The lowest BCUT2D eigenvalue weighted by Gasteiger charge is -2.17. The molecule has 1 aromatic rings. The molecule has 1 amide bonds. The van der Waals surface area contributed by atoms with Gasteiger partial charge in [-0.15, -0.1) is 0 Å². The summed E-state index contributed by atoms with van der Waals surface area (Å²) < 4.78 is 10.4. The standard InChI is InChI=1S/C18H25NO4/c1-12(2)13(3)19-17(20)10-23-18(21)11-22-16-8-7-14-5-4-6-15(14)9-16/h7-9,12-13H,4-6,10-11H2,1-3H3,(H,19,20)/t13-/m0/s1. The Kier molecular flexibility index (Phi) is 6.02. The van der Waals surface area contributed by atoms with Crippen LogP contribution >= 0.6 is 0 Å². The van der Waals surface area contributed by atoms with Crippen LogP contribution in [0.4, 0.5) is 0 Å². The molecule has 1 atom stereocenters. The van der Waals surface area contributed by atoms with Gasteiger partial charge in [-0.2, -0.15) is 0 Å². The summed E-state index contributed by atoms with van der Waals surface area (Å²) in [7, 11) is 0. The summed E-state index contributed by atoms with van der Waals surface area (Å²) in [5.74, 6) is 0.160. The molecule has 0 saturated heterocycles. The highest BCUT2D eigenvalue weighted by Crippen LogP contribution is 2.25. The smallest absolute Gasteiger partial charge is 0.344 e. The van der Waals surface area contributed by atoms with Crippen molar-refractivity contribution in [3.8, 4) is 5.75 Å². The van der Waals surface area contributed by atoms with Gasteiger partial charge >= 0.3 is 5.97 Å². The van der Waals surface area contributed by atoms with Crippen LogP contribution in [0.25, 0.3) is 0 Å². The maximum Gasteiger partial charge on any atom is 0.344 e. The molecule has 1 aromatic carbocycles. The van der Waals surface area contributed by atoms with Crippen molar-refractivity contribution in [2.24, 2.45) is 5.92 Å². The predicted molar refractivity (Wildman–Crippen MR) is 87.4 cm³/mol. The van der Waals surface area contributed by atoms with Gasteiger partial charge in [0.25, 0.3) is 5.91 Å². The molecule has 0 spiro atoms. The van der Waals surface area contributed by atoms with Gasteiger partial charge in [-0.3, -0.25) is 4.79 Å². The summed E-state index contributed by atoms with van der Waals surface area (Å²) in [5.41, 5.74) is 2.65. The van der Waals surface area contributed by atoms with Crippen molar-refractivity contribution in [3.63, 3.8) is 0 Å². The number of amides is 1. The van der Waals surface area contributed by atoms with E-state index >= 15 is 0 Å². The molecule has 0 bridgehead atoms. The first-order valence-corrected chi connectivity index (χ1v) is 8.15. The predicted octanol–water partition coefficient (Wildman–Crippen LogP) is 2.26. The minimum Gasteiger partial charge on any atom is -0.482 e. The molecule has 1 aliphatic rings. The highest BCUT2D eigenvalue weighted by Gasteiger charge is 2.14. The summed E-state index contributed by atoms with van der Waals surface area (Å²) in [4.78, 5) is 23.3. The van der Waals surface area contributed by atoms with Crippen LogP contribution in [0, 0.1) is 5.92 Å². The number of rotatable bonds is 7. The molecular formula is C18H25NO4. The summed E-state index contributed by atoms with van der Waals surface area (Å²) in [5, 5.41) is 2.78. The van der Waals surface area contributed by atoms with E-state index in [4.69, 9.17) is 9.47 Å². The Balaban J connectivity index is 1.70. The average molecular weight is 319 g/mol. The number of ether oxygens (including phenoxy) is 2. The summed E-state index contributed by atoms with van der Waals surface area (Å²) in [6.45, 7) is 5.49. The van der Waals surface area contributed by atoms with E-state index in [-0.39, 0.29) is 25.2 Å². The lowest BCUT2D eigenvalue weighted by atomic mass is 10.1. The minimum absolute atomic E-state index is 0.0452. The molecule has 23 heavy (non-hydrogen) atoms. The van der Waals surface area contributed by atoms with E-state index in [0.717, 1.165) is 12.8 Å². The summed E-state index contributed by atoms with van der Waals surface area (Å²) in [6.07, 6.45) is 3.34. The first kappa shape index (κ1) is 17.3. The van der Waals surface area contributed by atoms with Crippen molar-refractivity contribution < 1.29 is 19.1 Å². The molecule has 1 aliphatic carbocycles. The Hall–Kier alpha value is -2.04. The number of nitrogens with one attached hydrogen (secondary N) is 1. The summed E-state index contributed by atoms with van der Waals surface area (Å²) >= 11 is 0. The highest BCUT2D eigenvalue weighted by atomic mass is 16.6. The molecule has 126 valence electrons. The molecule has 0 fully saturated rings. The first-order chi connectivity index (χ1) is 11.0. The minimum atomic E-state index is -0.544. The molecule has 2 rings (SSSR count). The van der Waals surface area contributed by atoms with Crippen LogP contribution in [0.15, 0.2) is 18.2 Å². The Morgan fingerprint density at radius 1 is 1.13 bits per heavy atom. The van der Waals surface area contributed by atoms with Gasteiger partial charge < -0.3 is 14.8 Å². The van der Waals surface area contributed by atoms with E-state index in [2.05, 4.69) is 5.32 Å². The van der Waals surface area contributed by atoms with E-state index in [1.165, 1.54) is 17.5 Å². The molecule has 5 heteroatoms. The van der Waals surface area contributed by atoms with E-state index in [9.17, 15) is 9.59 Å². The van der Waals surface area contributed by atoms with Crippen molar-refractivity contribution in [2.45, 2.75) is 46.1 Å². The number of hydrogen-bond donors (Lipinski definition) is 1. The van der Waals surface area contributed by atoms with E-state index in [1.807, 2.05) is 39.0 Å². The second-order valence-electron chi connectivity index (χ2n) is 6.33. The van der Waals surface area contributed by atoms with Gasteiger partial charge in [-0.25, -0.2) is 4.79 Å². The zero-order valence-electron chi connectivity index (χ0n) is 14.1. The largest absolute Gasteiger partial charge is 0.482 e. The van der Waals surface area contributed by atoms with Crippen molar-refractivity contribution in [3.05, 3.63) is 29.3 Å². The lowest BCUT2D eigenvalue weighted by Crippen LogP contribution is -2.39. The monoisotopic (exact) mass is 319 g/mol. The van der Waals surface area contributed by atoms with Crippen LogP contribution in [0.2, 0.25) is 0 Å². The number of hydrogen-bond acceptors (Lipinski definition) is 4. The van der Waals surface area contributed by atoms with Crippen LogP contribution in [-0.2, 0) is 27.2 Å². The molecule has 0 heterocycles. The molecule has 0 radical (unpaired) electrons. The SMILES string of the molecule is CC(C)[C@H](C)NC(=O)COC(=O)COc1ccc2c(c1)CCC2. The Labute approximate surface area is 137 Å². The van der Waals surface area contributed by atoms with Crippen LogP contribution in [0.5, 0.6) is 5.75 Å². The quantitative estimate of drug-likeness (QED) is 0.783. The topological polar surface area (TPSA) is 64.6 Å². The number of aryl methyl sites for hydroxylation is 2. The second kappa shape index (κ2) is 7.99. The van der Waals surface area contributed by atoms with Gasteiger partial charge in [0.1, 0.15) is 5.75 Å². The van der Waals surface area contributed by atoms with Gasteiger partial charge in [-0.05, 0) is 55.4 Å². The number of carbonyl (C=O) groups is 2. The maximum absolute atomic E-state index is 11.6. The van der Waals surface area contributed by atoms with Crippen LogP contribution < -0.4 is 10.1 Å². The fourth-order valence-electron chi connectivity index (χ4n) is 2.43. The molecule has 1 N–H and O–H groups in total. The third kappa shape index (κ3) is 5.27. The highest BCUT2D eigenvalue weighted by molar-refractivity contribution is 5.81. The first-order valence-electron chi connectivity index (χ1n) is 8.15. The third-order valence-corrected chi connectivity index (χ3v) is 4.18. The van der Waals surface area contributed by atoms with Crippen LogP contribution in [0.1, 0.15) is 38.3 Å². The Bertz CT molecular complexity index is 568. The fourth-order valence-corrected chi connectivity index (χ4v) is 2.43. The van der Waals surface area contributed by atoms with Crippen molar-refractivity contribution >= 4 is 11.9 Å². The Morgan fingerprint density at radius 3 is 2.61 bits per heavy atom. The van der Waals surface area contributed by atoms with E-state index in [1.54, 1.807) is 0 Å². The number of carbonyl (C=O) groups excluding carboxylic acids is 2. The second-order valence-corrected chi connectivity index (χ2v) is 6.33. The number of benzene rings is 1. The van der Waals surface area contributed by atoms with Gasteiger partial charge in [0.2, 0.25) is 0 Å². The van der Waals surface area contributed by atoms with E-state index < -0.39 is 5.97 Å². The van der Waals surface area contributed by atoms with Crippen molar-refractivity contribution in [2.75, 3.05) is 13.2 Å². The number of fused-ring (bicyclic) bond motifs is 1. The van der Waals surface area contributed by atoms with Crippen LogP contribution in [0.3, 0.4) is 0 Å². The molecule has 0 unspecified atom stereocenters. The van der Waals surface area contributed by atoms with Gasteiger partial charge in [0.15, 0.2) is 13.2 Å². The van der Waals surface area contributed by atoms with E-state index in [0.29, 0.717) is 11.7 Å². The van der Waals surface area contributed by atoms with Gasteiger partial charge in [0.05, 0.1) is 0 Å². The molecule has 0 aliphatic heterocycles. The zero-order chi connectivity index (χ0) is 16.8. The maximum atomic E-state index is 11.6. The zero-order valence-corrected chi connectivity index (χ0v) is 14.1. The van der Waals surface area contributed by atoms with Gasteiger partial charge in [0, 0.05) is 6.04 Å². The van der Waals surface area contributed by atoms with Crippen molar-refractivity contribution in [1.29, 1.82) is 0 Å². The lowest BCUT2D eigenvalue weighted by molar-refractivity contribution is -0.150. The summed E-state index contributed by atoms with van der Waals surface area (Å²) in [6, 6.07) is 5.94. The van der Waals surface area contributed by atoms with Crippen LogP contribution in [-0.4, -0.2) is 31.1 Å². The average Bonchev–Trinajstić information content (AvgIpc) is 2.98. The third-order valence-electron chi connectivity index (χ3n) is 4.18. The molecule has 0 saturated carbocycles. The molecule has 5 nitrogen and oxygen atoms in total. The molecular weight excluding hydrogens is 294 g/mol.